The van der Waals surface area contributed by atoms with Gasteiger partial charge in [-0.15, -0.1) is 0 Å². The van der Waals surface area contributed by atoms with Crippen molar-refractivity contribution in [1.29, 1.82) is 0 Å². The monoisotopic (exact) mass is 379 g/mol. The molecule has 2 atom stereocenters. The Balaban J connectivity index is 1.52. The van der Waals surface area contributed by atoms with E-state index in [2.05, 4.69) is 111 Å². The van der Waals surface area contributed by atoms with E-state index < -0.39 is 0 Å². The molecular formula is C28H29N. The summed E-state index contributed by atoms with van der Waals surface area (Å²) in [7, 11) is 2.21. The second-order valence-corrected chi connectivity index (χ2v) is 9.06. The highest BCUT2D eigenvalue weighted by Gasteiger charge is 2.44. The molecule has 0 bridgehead atoms. The van der Waals surface area contributed by atoms with Gasteiger partial charge in [0.1, 0.15) is 0 Å². The lowest BCUT2D eigenvalue weighted by Gasteiger charge is -2.33. The molecule has 3 aliphatic carbocycles. The van der Waals surface area contributed by atoms with Crippen molar-refractivity contribution < 1.29 is 0 Å². The highest BCUT2D eigenvalue weighted by molar-refractivity contribution is 5.84. The van der Waals surface area contributed by atoms with Crippen molar-refractivity contribution in [2.45, 2.75) is 38.0 Å². The molecule has 146 valence electrons. The van der Waals surface area contributed by atoms with Gasteiger partial charge in [-0.2, -0.15) is 0 Å². The summed E-state index contributed by atoms with van der Waals surface area (Å²) in [6.45, 7) is 4.81. The number of likely N-dealkylation sites (N-methyl/N-ethyl adjacent to an activating group) is 1. The van der Waals surface area contributed by atoms with Crippen molar-refractivity contribution in [3.8, 4) is 0 Å². The van der Waals surface area contributed by atoms with E-state index in [1.165, 1.54) is 33.6 Å². The average Bonchev–Trinajstić information content (AvgIpc) is 3.02. The van der Waals surface area contributed by atoms with E-state index in [4.69, 9.17) is 0 Å². The number of hydrogen-bond acceptors (Lipinski definition) is 1. The van der Waals surface area contributed by atoms with Crippen LogP contribution in [0.5, 0.6) is 0 Å². The molecule has 0 spiro atoms. The number of benzene rings is 2. The van der Waals surface area contributed by atoms with E-state index in [9.17, 15) is 0 Å². The normalized spacial score (nSPS) is 23.8. The van der Waals surface area contributed by atoms with Crippen molar-refractivity contribution in [3.05, 3.63) is 107 Å². The molecule has 29 heavy (non-hydrogen) atoms. The van der Waals surface area contributed by atoms with E-state index >= 15 is 0 Å². The van der Waals surface area contributed by atoms with Crippen molar-refractivity contribution in [2.75, 3.05) is 11.9 Å². The topological polar surface area (TPSA) is 3.24 Å². The molecule has 0 N–H and O–H groups in total. The number of fused-ring (bicyclic) bond motifs is 3. The van der Waals surface area contributed by atoms with Gasteiger partial charge in [0.2, 0.25) is 0 Å². The molecule has 2 aromatic carbocycles. The van der Waals surface area contributed by atoms with Gasteiger partial charge in [0.25, 0.3) is 0 Å². The maximum absolute atomic E-state index is 2.40. The SMILES string of the molecule is CN(C1=C2c3ccccc3C(C)(C)C2CC=C1)c1ccc(C2C=CC=CC2)cc1. The van der Waals surface area contributed by atoms with Crippen molar-refractivity contribution in [3.63, 3.8) is 0 Å². The Labute approximate surface area is 174 Å². The zero-order chi connectivity index (χ0) is 20.0. The van der Waals surface area contributed by atoms with Crippen LogP contribution in [-0.4, -0.2) is 7.05 Å². The Bertz CT molecular complexity index is 1050. The van der Waals surface area contributed by atoms with Crippen LogP contribution < -0.4 is 4.90 Å². The molecule has 0 radical (unpaired) electrons. The van der Waals surface area contributed by atoms with Crippen LogP contribution in [0, 0.1) is 5.92 Å². The van der Waals surface area contributed by atoms with Crippen LogP contribution >= 0.6 is 0 Å². The Morgan fingerprint density at radius 2 is 1.69 bits per heavy atom. The highest BCUT2D eigenvalue weighted by Crippen LogP contribution is 2.54. The number of rotatable bonds is 3. The van der Waals surface area contributed by atoms with Crippen LogP contribution in [0.3, 0.4) is 0 Å². The van der Waals surface area contributed by atoms with Crippen molar-refractivity contribution >= 4 is 11.3 Å². The molecule has 1 nitrogen and oxygen atoms in total. The molecule has 0 saturated carbocycles. The molecule has 2 aromatic rings. The Hall–Kier alpha value is -2.80. The average molecular weight is 380 g/mol. The molecule has 0 aromatic heterocycles. The van der Waals surface area contributed by atoms with E-state index in [0.29, 0.717) is 11.8 Å². The molecule has 0 amide bonds. The minimum atomic E-state index is 0.174. The molecule has 5 rings (SSSR count). The lowest BCUT2D eigenvalue weighted by atomic mass is 9.74. The zero-order valence-corrected chi connectivity index (χ0v) is 17.6. The minimum Gasteiger partial charge on any atom is -0.344 e. The Kier molecular flexibility index (Phi) is 4.35. The summed E-state index contributed by atoms with van der Waals surface area (Å²) < 4.78 is 0. The maximum atomic E-state index is 2.40. The second kappa shape index (κ2) is 6.91. The van der Waals surface area contributed by atoms with Gasteiger partial charge in [0.15, 0.2) is 0 Å². The third-order valence-electron chi connectivity index (χ3n) is 7.11. The molecule has 1 heteroatoms. The predicted molar refractivity (Wildman–Crippen MR) is 124 cm³/mol. The van der Waals surface area contributed by atoms with Crippen LogP contribution in [0.25, 0.3) is 5.57 Å². The number of allylic oxidation sites excluding steroid dienone is 7. The van der Waals surface area contributed by atoms with Crippen molar-refractivity contribution in [2.24, 2.45) is 5.92 Å². The van der Waals surface area contributed by atoms with Crippen LogP contribution in [0.2, 0.25) is 0 Å². The van der Waals surface area contributed by atoms with Crippen LogP contribution in [-0.2, 0) is 5.41 Å². The molecule has 2 unspecified atom stereocenters. The van der Waals surface area contributed by atoms with Gasteiger partial charge in [0, 0.05) is 24.4 Å². The van der Waals surface area contributed by atoms with Crippen LogP contribution in [0.15, 0.2) is 90.7 Å². The Morgan fingerprint density at radius 3 is 2.45 bits per heavy atom. The molecule has 0 fully saturated rings. The van der Waals surface area contributed by atoms with Crippen LogP contribution in [0.1, 0.15) is 49.3 Å². The fraction of sp³-hybridized carbons (Fsp3) is 0.286. The molecule has 0 heterocycles. The standard InChI is InChI=1S/C28H29N/c1-28(2)24-13-8-7-12-23(24)27-25(28)14-9-15-26(27)29(3)22-18-16-21(17-19-22)20-10-5-4-6-11-20/h4-10,12-13,15-20,25H,11,14H2,1-3H3. The second-order valence-electron chi connectivity index (χ2n) is 9.06. The van der Waals surface area contributed by atoms with E-state index in [1.54, 1.807) is 0 Å². The maximum Gasteiger partial charge on any atom is 0.0446 e. The fourth-order valence-corrected chi connectivity index (χ4v) is 5.36. The van der Waals surface area contributed by atoms with Crippen LogP contribution in [0.4, 0.5) is 5.69 Å². The highest BCUT2D eigenvalue weighted by atomic mass is 15.1. The third-order valence-corrected chi connectivity index (χ3v) is 7.11. The lowest BCUT2D eigenvalue weighted by Crippen LogP contribution is -2.27. The lowest BCUT2D eigenvalue weighted by molar-refractivity contribution is 0.413. The van der Waals surface area contributed by atoms with Gasteiger partial charge >= 0.3 is 0 Å². The largest absolute Gasteiger partial charge is 0.344 e. The summed E-state index contributed by atoms with van der Waals surface area (Å²) in [6.07, 6.45) is 15.8. The smallest absolute Gasteiger partial charge is 0.0446 e. The third kappa shape index (κ3) is 2.92. The summed E-state index contributed by atoms with van der Waals surface area (Å²) in [6, 6.07) is 18.1. The number of hydrogen-bond donors (Lipinski definition) is 0. The van der Waals surface area contributed by atoms with Gasteiger partial charge < -0.3 is 4.90 Å². The van der Waals surface area contributed by atoms with E-state index in [0.717, 1.165) is 12.8 Å². The summed E-state index contributed by atoms with van der Waals surface area (Å²) in [5.74, 6) is 1.05. The van der Waals surface area contributed by atoms with E-state index in [-0.39, 0.29) is 5.41 Å². The first-order valence-corrected chi connectivity index (χ1v) is 10.7. The summed E-state index contributed by atoms with van der Waals surface area (Å²) in [5, 5.41) is 0. The van der Waals surface area contributed by atoms with Gasteiger partial charge in [0.05, 0.1) is 0 Å². The minimum absolute atomic E-state index is 0.174. The van der Waals surface area contributed by atoms with Gasteiger partial charge in [-0.05, 0) is 64.6 Å². The molecule has 0 aliphatic heterocycles. The number of nitrogens with zero attached hydrogens (tertiary/aromatic N) is 1. The molecule has 3 aliphatic rings. The van der Waals surface area contributed by atoms with Gasteiger partial charge in [-0.3, -0.25) is 0 Å². The van der Waals surface area contributed by atoms with Gasteiger partial charge in [-0.25, -0.2) is 0 Å². The summed E-state index contributed by atoms with van der Waals surface area (Å²) in [4.78, 5) is 2.37. The predicted octanol–water partition coefficient (Wildman–Crippen LogP) is 7.00. The first-order valence-electron chi connectivity index (χ1n) is 10.7. The first-order chi connectivity index (χ1) is 14.1. The fourth-order valence-electron chi connectivity index (χ4n) is 5.36. The quantitative estimate of drug-likeness (QED) is 0.555. The van der Waals surface area contributed by atoms with Crippen molar-refractivity contribution in [1.82, 2.24) is 0 Å². The Morgan fingerprint density at radius 1 is 0.897 bits per heavy atom. The zero-order valence-electron chi connectivity index (χ0n) is 17.6. The molecular weight excluding hydrogens is 350 g/mol. The molecule has 0 saturated heterocycles. The summed E-state index contributed by atoms with van der Waals surface area (Å²) in [5.41, 5.74) is 8.59. The number of anilines is 1. The first kappa shape index (κ1) is 18.2. The van der Waals surface area contributed by atoms with E-state index in [1.807, 2.05) is 0 Å². The summed E-state index contributed by atoms with van der Waals surface area (Å²) >= 11 is 0. The van der Waals surface area contributed by atoms with Gasteiger partial charge in [-0.1, -0.05) is 80.6 Å².